The van der Waals surface area contributed by atoms with Crippen LogP contribution in [0.3, 0.4) is 0 Å². The summed E-state index contributed by atoms with van der Waals surface area (Å²) in [6.07, 6.45) is 2.30. The first-order valence-electron chi connectivity index (χ1n) is 4.93. The molecule has 1 heterocycles. The van der Waals surface area contributed by atoms with Gasteiger partial charge in [-0.2, -0.15) is 13.9 Å². The number of nitrogens with zero attached hydrogens (tertiary/aromatic N) is 2. The highest BCUT2D eigenvalue weighted by atomic mass is 35.5. The largest absolute Gasteiger partial charge is 0.333 e. The summed E-state index contributed by atoms with van der Waals surface area (Å²) >= 11 is 0. The van der Waals surface area contributed by atoms with Crippen molar-refractivity contribution in [2.24, 2.45) is 5.73 Å². The molecule has 0 radical (unpaired) electrons. The summed E-state index contributed by atoms with van der Waals surface area (Å²) in [4.78, 5) is 0. The number of nitrogens with two attached hydrogens (primary N) is 1. The van der Waals surface area contributed by atoms with E-state index in [0.29, 0.717) is 10.2 Å². The van der Waals surface area contributed by atoms with E-state index in [0.717, 1.165) is 11.8 Å². The Hall–Kier alpha value is -1.53. The molecule has 0 spiro atoms. The van der Waals surface area contributed by atoms with E-state index >= 15 is 0 Å². The maximum Gasteiger partial charge on any atom is 0.333 e. The summed E-state index contributed by atoms with van der Waals surface area (Å²) in [6, 6.07) is 4.34. The van der Waals surface area contributed by atoms with Gasteiger partial charge >= 0.3 is 6.55 Å². The topological polar surface area (TPSA) is 43.8 Å². The van der Waals surface area contributed by atoms with Crippen molar-refractivity contribution >= 4 is 12.4 Å². The van der Waals surface area contributed by atoms with E-state index in [1.54, 1.807) is 6.07 Å². The number of hydrogen-bond donors (Lipinski definition) is 1. The van der Waals surface area contributed by atoms with Gasteiger partial charge in [0.25, 0.3) is 0 Å². The van der Waals surface area contributed by atoms with Crippen molar-refractivity contribution in [3.8, 4) is 11.1 Å². The average Bonchev–Trinajstić information content (AvgIpc) is 2.79. The maximum atomic E-state index is 13.5. The molecule has 1 aromatic carbocycles. The molecular formula is C11H11ClF3N3. The van der Waals surface area contributed by atoms with Crippen LogP contribution >= 0.6 is 12.4 Å². The van der Waals surface area contributed by atoms with Crippen LogP contribution in [0.5, 0.6) is 0 Å². The lowest BCUT2D eigenvalue weighted by molar-refractivity contribution is 0.0566. The fraction of sp³-hybridized carbons (Fsp3) is 0.182. The predicted octanol–water partition coefficient (Wildman–Crippen LogP) is 2.96. The minimum absolute atomic E-state index is 0. The minimum atomic E-state index is -2.73. The monoisotopic (exact) mass is 277 g/mol. The normalized spacial score (nSPS) is 10.5. The van der Waals surface area contributed by atoms with Gasteiger partial charge in [-0.3, -0.25) is 0 Å². The van der Waals surface area contributed by atoms with Crippen LogP contribution in [0.1, 0.15) is 12.1 Å². The lowest BCUT2D eigenvalue weighted by Gasteiger charge is -2.03. The third kappa shape index (κ3) is 2.83. The van der Waals surface area contributed by atoms with E-state index in [1.165, 1.54) is 18.3 Å². The smallest absolute Gasteiger partial charge is 0.326 e. The van der Waals surface area contributed by atoms with Crippen LogP contribution in [0.4, 0.5) is 13.2 Å². The number of alkyl halides is 2. The van der Waals surface area contributed by atoms with E-state index in [1.807, 2.05) is 0 Å². The van der Waals surface area contributed by atoms with Crippen molar-refractivity contribution in [1.29, 1.82) is 0 Å². The van der Waals surface area contributed by atoms with Gasteiger partial charge in [-0.1, -0.05) is 6.07 Å². The van der Waals surface area contributed by atoms with Gasteiger partial charge in [-0.25, -0.2) is 9.07 Å². The van der Waals surface area contributed by atoms with Gasteiger partial charge in [-0.05, 0) is 17.7 Å². The first-order chi connectivity index (χ1) is 8.11. The van der Waals surface area contributed by atoms with Gasteiger partial charge < -0.3 is 5.73 Å². The summed E-state index contributed by atoms with van der Waals surface area (Å²) in [5, 5.41) is 3.46. The lowest BCUT2D eigenvalue weighted by Crippen LogP contribution is -1.98. The molecule has 2 N–H and O–H groups in total. The molecule has 0 atom stereocenters. The molecule has 0 aliphatic heterocycles. The zero-order valence-corrected chi connectivity index (χ0v) is 10.0. The van der Waals surface area contributed by atoms with E-state index in [9.17, 15) is 13.2 Å². The third-order valence-corrected chi connectivity index (χ3v) is 2.38. The zero-order valence-electron chi connectivity index (χ0n) is 9.19. The molecule has 7 heteroatoms. The molecule has 0 aliphatic rings. The lowest BCUT2D eigenvalue weighted by atomic mass is 10.1. The molecule has 0 aliphatic carbocycles. The highest BCUT2D eigenvalue weighted by molar-refractivity contribution is 5.85. The van der Waals surface area contributed by atoms with E-state index in [2.05, 4.69) is 5.10 Å². The van der Waals surface area contributed by atoms with E-state index in [4.69, 9.17) is 5.73 Å². The molecule has 0 saturated heterocycles. The second kappa shape index (κ2) is 5.88. The quantitative estimate of drug-likeness (QED) is 0.937. The van der Waals surface area contributed by atoms with Gasteiger partial charge in [0, 0.05) is 23.9 Å². The van der Waals surface area contributed by atoms with Gasteiger partial charge in [-0.15, -0.1) is 12.4 Å². The summed E-state index contributed by atoms with van der Waals surface area (Å²) < 4.78 is 38.7. The molecule has 0 bridgehead atoms. The summed E-state index contributed by atoms with van der Waals surface area (Å²) in [6.45, 7) is -2.47. The SMILES string of the molecule is Cl.NCc1ccc(F)c(-c2cnn(C(F)F)c2)c1. The fourth-order valence-corrected chi connectivity index (χ4v) is 1.50. The van der Waals surface area contributed by atoms with Crippen LogP contribution in [0.15, 0.2) is 30.6 Å². The Morgan fingerprint density at radius 3 is 2.61 bits per heavy atom. The van der Waals surface area contributed by atoms with Crippen LogP contribution in [0.2, 0.25) is 0 Å². The molecule has 1 aromatic heterocycles. The predicted molar refractivity (Wildman–Crippen MR) is 64.0 cm³/mol. The maximum absolute atomic E-state index is 13.5. The van der Waals surface area contributed by atoms with Crippen LogP contribution in [-0.4, -0.2) is 9.78 Å². The number of halogens is 4. The Morgan fingerprint density at radius 2 is 2.06 bits per heavy atom. The zero-order chi connectivity index (χ0) is 12.4. The Morgan fingerprint density at radius 1 is 1.33 bits per heavy atom. The van der Waals surface area contributed by atoms with Crippen LogP contribution in [-0.2, 0) is 6.54 Å². The highest BCUT2D eigenvalue weighted by Gasteiger charge is 2.12. The fourth-order valence-electron chi connectivity index (χ4n) is 1.50. The van der Waals surface area contributed by atoms with Crippen molar-refractivity contribution in [1.82, 2.24) is 9.78 Å². The number of rotatable bonds is 3. The van der Waals surface area contributed by atoms with E-state index in [-0.39, 0.29) is 24.5 Å². The standard InChI is InChI=1S/C11H10F3N3.ClH/c12-10-2-1-7(4-15)3-9(10)8-5-16-17(6-8)11(13)14;/h1-3,5-6,11H,4,15H2;1H. The molecule has 0 unspecified atom stereocenters. The minimum Gasteiger partial charge on any atom is -0.326 e. The van der Waals surface area contributed by atoms with Crippen LogP contribution in [0, 0.1) is 5.82 Å². The molecule has 0 amide bonds. The molecule has 2 rings (SSSR count). The van der Waals surface area contributed by atoms with Crippen molar-refractivity contribution in [2.45, 2.75) is 13.1 Å². The molecule has 0 fully saturated rings. The molecule has 3 nitrogen and oxygen atoms in total. The summed E-state index contributed by atoms with van der Waals surface area (Å²) in [5.41, 5.74) is 6.69. The molecule has 18 heavy (non-hydrogen) atoms. The number of hydrogen-bond acceptors (Lipinski definition) is 2. The van der Waals surface area contributed by atoms with Gasteiger partial charge in [0.15, 0.2) is 0 Å². The molecular weight excluding hydrogens is 267 g/mol. The van der Waals surface area contributed by atoms with Crippen molar-refractivity contribution in [3.05, 3.63) is 42.0 Å². The molecule has 2 aromatic rings. The average molecular weight is 278 g/mol. The van der Waals surface area contributed by atoms with Crippen molar-refractivity contribution in [3.63, 3.8) is 0 Å². The Kier molecular flexibility index (Phi) is 4.75. The highest BCUT2D eigenvalue weighted by Crippen LogP contribution is 2.24. The second-order valence-corrected chi connectivity index (χ2v) is 3.51. The number of aromatic nitrogens is 2. The van der Waals surface area contributed by atoms with Gasteiger partial charge in [0.1, 0.15) is 5.82 Å². The summed E-state index contributed by atoms with van der Waals surface area (Å²) in [5.74, 6) is -0.490. The van der Waals surface area contributed by atoms with Gasteiger partial charge in [0.2, 0.25) is 0 Å². The molecule has 0 saturated carbocycles. The first-order valence-corrected chi connectivity index (χ1v) is 4.93. The third-order valence-electron chi connectivity index (χ3n) is 2.38. The Bertz CT molecular complexity index is 528. The Labute approximate surface area is 108 Å². The summed E-state index contributed by atoms with van der Waals surface area (Å²) in [7, 11) is 0. The Balaban J connectivity index is 0.00000162. The first kappa shape index (κ1) is 14.5. The van der Waals surface area contributed by atoms with Gasteiger partial charge in [0.05, 0.1) is 6.20 Å². The second-order valence-electron chi connectivity index (χ2n) is 3.51. The number of benzene rings is 1. The van der Waals surface area contributed by atoms with Crippen LogP contribution < -0.4 is 5.73 Å². The molecule has 98 valence electrons. The van der Waals surface area contributed by atoms with Crippen molar-refractivity contribution < 1.29 is 13.2 Å². The van der Waals surface area contributed by atoms with Crippen molar-refractivity contribution in [2.75, 3.05) is 0 Å². The van der Waals surface area contributed by atoms with E-state index < -0.39 is 12.4 Å². The van der Waals surface area contributed by atoms with Crippen LogP contribution in [0.25, 0.3) is 11.1 Å².